The maximum absolute atomic E-state index is 12.9. The lowest BCUT2D eigenvalue weighted by atomic mass is 9.95. The van der Waals surface area contributed by atoms with Crippen LogP contribution < -0.4 is 11.1 Å². The summed E-state index contributed by atoms with van der Waals surface area (Å²) in [5, 5.41) is 2.30. The van der Waals surface area contributed by atoms with Crippen molar-refractivity contribution < 1.29 is 28.7 Å². The van der Waals surface area contributed by atoms with E-state index in [1.165, 1.54) is 23.6 Å². The molecule has 0 saturated carbocycles. The fourth-order valence-corrected chi connectivity index (χ4v) is 5.62. The smallest absolute Gasteiger partial charge is 0.333 e. The summed E-state index contributed by atoms with van der Waals surface area (Å²) in [5.74, 6) is -1.92. The van der Waals surface area contributed by atoms with Crippen molar-refractivity contribution >= 4 is 35.5 Å². The van der Waals surface area contributed by atoms with Gasteiger partial charge in [-0.2, -0.15) is 0 Å². The minimum atomic E-state index is -1.06. The molecule has 2 fully saturated rings. The molecule has 0 radical (unpaired) electrons. The number of fused-ring (bicyclic) bond motifs is 1. The number of thioether (sulfide) groups is 1. The Balaban J connectivity index is 1.61. The molecule has 0 aromatic heterocycles. The highest BCUT2D eigenvalue weighted by atomic mass is 32.2. The number of ether oxygens (including phenoxy) is 2. The average Bonchev–Trinajstić information content (AvgIpc) is 3.03. The molecule has 2 aliphatic rings. The number of nitrogens with zero attached hydrogens (tertiary/aromatic N) is 1. The Morgan fingerprint density at radius 1 is 1.21 bits per heavy atom. The van der Waals surface area contributed by atoms with E-state index in [9.17, 15) is 19.2 Å². The summed E-state index contributed by atoms with van der Waals surface area (Å²) in [5.41, 5.74) is 6.68. The predicted molar refractivity (Wildman–Crippen MR) is 123 cm³/mol. The van der Waals surface area contributed by atoms with Gasteiger partial charge in [-0.3, -0.25) is 14.4 Å². The highest BCUT2D eigenvalue weighted by Crippen LogP contribution is 2.51. The average molecular weight is 478 g/mol. The summed E-state index contributed by atoms with van der Waals surface area (Å²) in [6, 6.07) is 6.33. The highest BCUT2D eigenvalue weighted by Gasteiger charge is 2.64. The molecule has 0 spiro atoms. The Labute approximate surface area is 197 Å². The molecular weight excluding hydrogens is 446 g/mol. The Morgan fingerprint density at radius 3 is 2.52 bits per heavy atom. The molecule has 180 valence electrons. The molecule has 3 rings (SSSR count). The molecule has 5 atom stereocenters. The second-order valence-corrected chi connectivity index (χ2v) is 10.5. The largest absolute Gasteiger partial charge is 0.425 e. The summed E-state index contributed by atoms with van der Waals surface area (Å²) >= 11 is 1.41. The highest BCUT2D eigenvalue weighted by molar-refractivity contribution is 8.01. The molecule has 0 bridgehead atoms. The molecule has 10 heteroatoms. The quantitative estimate of drug-likeness (QED) is 0.313. The standard InChI is InChI=1S/C23H31N3O6S/c1-5-6-12-15(27)31-13(2)32-22(30)18-23(3,4)33-21-17(20(29)26(18)21)25-19(28)16(24)14-10-8-7-9-11-14/h7-11,13,16-18,21H,5-6,12,24H2,1-4H3,(H,25,28)/t13?,16?,17-,18+,21-/m1/s1. The van der Waals surface area contributed by atoms with Crippen LogP contribution in [0.15, 0.2) is 30.3 Å². The normalized spacial score (nSPS) is 24.8. The fraction of sp³-hybridized carbons (Fsp3) is 0.565. The number of nitrogens with one attached hydrogen (secondary N) is 1. The second kappa shape index (κ2) is 10.1. The van der Waals surface area contributed by atoms with Gasteiger partial charge in [-0.05, 0) is 25.8 Å². The lowest BCUT2D eigenvalue weighted by Gasteiger charge is -2.44. The number of esters is 2. The van der Waals surface area contributed by atoms with Crippen LogP contribution in [0, 0.1) is 0 Å². The monoisotopic (exact) mass is 477 g/mol. The Hall–Kier alpha value is -2.59. The van der Waals surface area contributed by atoms with Crippen LogP contribution in [0.5, 0.6) is 0 Å². The third-order valence-electron chi connectivity index (χ3n) is 5.72. The predicted octanol–water partition coefficient (Wildman–Crippen LogP) is 1.86. The molecule has 1 aromatic carbocycles. The van der Waals surface area contributed by atoms with Gasteiger partial charge in [0.05, 0.1) is 0 Å². The van der Waals surface area contributed by atoms with Crippen molar-refractivity contribution in [2.45, 2.75) is 81.5 Å². The lowest BCUT2D eigenvalue weighted by Crippen LogP contribution is -2.71. The zero-order chi connectivity index (χ0) is 24.3. The molecule has 2 aliphatic heterocycles. The van der Waals surface area contributed by atoms with Crippen molar-refractivity contribution in [1.82, 2.24) is 10.2 Å². The van der Waals surface area contributed by atoms with Gasteiger partial charge in [-0.15, -0.1) is 11.8 Å². The molecule has 33 heavy (non-hydrogen) atoms. The van der Waals surface area contributed by atoms with E-state index in [0.717, 1.165) is 6.42 Å². The number of β-lactam (4-membered cyclic amide) rings is 1. The number of hydrogen-bond donors (Lipinski definition) is 2. The van der Waals surface area contributed by atoms with Gasteiger partial charge in [0, 0.05) is 18.1 Å². The van der Waals surface area contributed by atoms with Gasteiger partial charge >= 0.3 is 11.9 Å². The Bertz CT molecular complexity index is 909. The number of amides is 2. The number of benzene rings is 1. The molecule has 1 aromatic rings. The summed E-state index contributed by atoms with van der Waals surface area (Å²) in [4.78, 5) is 51.6. The SMILES string of the molecule is CCCCC(=O)OC(C)OC(=O)[C@@H]1N2C(=O)[C@@H](NC(=O)C(N)c3ccccc3)[C@H]2SC1(C)C. The van der Waals surface area contributed by atoms with Crippen LogP contribution in [-0.2, 0) is 28.7 Å². The van der Waals surface area contributed by atoms with Gasteiger partial charge in [0.15, 0.2) is 0 Å². The van der Waals surface area contributed by atoms with Gasteiger partial charge in [-0.25, -0.2) is 4.79 Å². The van der Waals surface area contributed by atoms with Gasteiger partial charge in [0.25, 0.3) is 0 Å². The van der Waals surface area contributed by atoms with E-state index in [2.05, 4.69) is 5.32 Å². The zero-order valence-electron chi connectivity index (χ0n) is 19.3. The Morgan fingerprint density at radius 2 is 1.88 bits per heavy atom. The summed E-state index contributed by atoms with van der Waals surface area (Å²) < 4.78 is 9.81. The van der Waals surface area contributed by atoms with Crippen LogP contribution in [0.2, 0.25) is 0 Å². The molecule has 2 heterocycles. The minimum Gasteiger partial charge on any atom is -0.425 e. The number of rotatable bonds is 9. The fourth-order valence-electron chi connectivity index (χ4n) is 4.00. The lowest BCUT2D eigenvalue weighted by molar-refractivity contribution is -0.191. The van der Waals surface area contributed by atoms with Gasteiger partial charge in [0.1, 0.15) is 23.5 Å². The minimum absolute atomic E-state index is 0.252. The molecule has 3 N–H and O–H groups in total. The van der Waals surface area contributed by atoms with Crippen molar-refractivity contribution in [1.29, 1.82) is 0 Å². The van der Waals surface area contributed by atoms with Crippen molar-refractivity contribution in [3.05, 3.63) is 35.9 Å². The first kappa shape index (κ1) is 25.0. The number of carbonyl (C=O) groups excluding carboxylic acids is 4. The van der Waals surface area contributed by atoms with E-state index >= 15 is 0 Å². The van der Waals surface area contributed by atoms with Gasteiger partial charge < -0.3 is 25.4 Å². The molecular formula is C23H31N3O6S. The second-order valence-electron chi connectivity index (χ2n) is 8.73. The van der Waals surface area contributed by atoms with E-state index in [1.807, 2.05) is 26.8 Å². The van der Waals surface area contributed by atoms with Gasteiger partial charge in [-0.1, -0.05) is 43.7 Å². The van der Waals surface area contributed by atoms with E-state index < -0.39 is 52.4 Å². The summed E-state index contributed by atoms with van der Waals surface area (Å²) in [7, 11) is 0. The van der Waals surface area contributed by atoms with Crippen LogP contribution in [-0.4, -0.2) is 57.1 Å². The maximum atomic E-state index is 12.9. The van der Waals surface area contributed by atoms with E-state index in [0.29, 0.717) is 12.0 Å². The molecule has 2 saturated heterocycles. The van der Waals surface area contributed by atoms with Crippen LogP contribution in [0.3, 0.4) is 0 Å². The number of nitrogens with two attached hydrogens (primary N) is 1. The van der Waals surface area contributed by atoms with Crippen molar-refractivity contribution in [3.63, 3.8) is 0 Å². The van der Waals surface area contributed by atoms with Crippen LogP contribution in [0.25, 0.3) is 0 Å². The van der Waals surface area contributed by atoms with Crippen molar-refractivity contribution in [2.24, 2.45) is 5.73 Å². The summed E-state index contributed by atoms with van der Waals surface area (Å²) in [6.45, 7) is 7.10. The van der Waals surface area contributed by atoms with Crippen molar-refractivity contribution in [3.8, 4) is 0 Å². The van der Waals surface area contributed by atoms with Crippen molar-refractivity contribution in [2.75, 3.05) is 0 Å². The maximum Gasteiger partial charge on any atom is 0.333 e. The molecule has 2 amide bonds. The first-order valence-corrected chi connectivity index (χ1v) is 12.0. The Kier molecular flexibility index (Phi) is 7.69. The third-order valence-corrected chi connectivity index (χ3v) is 7.29. The third kappa shape index (κ3) is 5.33. The van der Waals surface area contributed by atoms with Crippen LogP contribution in [0.1, 0.15) is 58.6 Å². The van der Waals surface area contributed by atoms with E-state index in [4.69, 9.17) is 15.2 Å². The molecule has 2 unspecified atom stereocenters. The first-order valence-electron chi connectivity index (χ1n) is 11.1. The zero-order valence-corrected chi connectivity index (χ0v) is 20.1. The van der Waals surface area contributed by atoms with Crippen LogP contribution in [0.4, 0.5) is 0 Å². The summed E-state index contributed by atoms with van der Waals surface area (Å²) in [6.07, 6.45) is 0.736. The number of carbonyl (C=O) groups is 4. The number of hydrogen-bond acceptors (Lipinski definition) is 8. The van der Waals surface area contributed by atoms with Crippen LogP contribution >= 0.6 is 11.8 Å². The van der Waals surface area contributed by atoms with E-state index in [-0.39, 0.29) is 12.3 Å². The van der Waals surface area contributed by atoms with Gasteiger partial charge in [0.2, 0.25) is 18.1 Å². The molecule has 9 nitrogen and oxygen atoms in total. The van der Waals surface area contributed by atoms with E-state index in [1.54, 1.807) is 24.3 Å². The number of unbranched alkanes of at least 4 members (excludes halogenated alkanes) is 1. The molecule has 0 aliphatic carbocycles. The first-order chi connectivity index (χ1) is 15.6. The topological polar surface area (TPSA) is 128 Å².